The van der Waals surface area contributed by atoms with Crippen LogP contribution in [0.15, 0.2) is 24.3 Å². The van der Waals surface area contributed by atoms with Crippen molar-refractivity contribution in [2.75, 3.05) is 0 Å². The maximum atomic E-state index is 8.80. The molecule has 1 heterocycles. The van der Waals surface area contributed by atoms with E-state index in [-0.39, 0.29) is 0 Å². The molecule has 16 heavy (non-hydrogen) atoms. The van der Waals surface area contributed by atoms with E-state index in [1.807, 2.05) is 30.3 Å². The Kier molecular flexibility index (Phi) is 2.69. The summed E-state index contributed by atoms with van der Waals surface area (Å²) in [6.07, 6.45) is 1.01. The van der Waals surface area contributed by atoms with Crippen LogP contribution in [0.5, 0.6) is 0 Å². The van der Waals surface area contributed by atoms with Crippen LogP contribution in [-0.4, -0.2) is 15.0 Å². The van der Waals surface area contributed by atoms with Crippen LogP contribution in [0.3, 0.4) is 0 Å². The van der Waals surface area contributed by atoms with Gasteiger partial charge in [-0.15, -0.1) is 5.10 Å². The fourth-order valence-electron chi connectivity index (χ4n) is 1.46. The van der Waals surface area contributed by atoms with Crippen molar-refractivity contribution in [3.8, 4) is 11.8 Å². The summed E-state index contributed by atoms with van der Waals surface area (Å²) in [6.45, 7) is 3.89. The molecule has 0 atom stereocenters. The summed E-state index contributed by atoms with van der Waals surface area (Å²) in [5.74, 6) is 0. The van der Waals surface area contributed by atoms with Crippen molar-refractivity contribution in [1.29, 1.82) is 5.26 Å². The van der Waals surface area contributed by atoms with Gasteiger partial charge in [0.2, 0.25) is 0 Å². The summed E-state index contributed by atoms with van der Waals surface area (Å²) in [5, 5.41) is 17.1. The van der Waals surface area contributed by atoms with Gasteiger partial charge in [-0.05, 0) is 31.0 Å². The number of nitriles is 1. The lowest BCUT2D eigenvalue weighted by Gasteiger charge is -2.00. The number of benzene rings is 1. The molecule has 0 spiro atoms. The SMILES string of the molecule is CCc1ccc(-n2nc(C)c(C#N)n2)cc1. The average Bonchev–Trinajstić information content (AvgIpc) is 2.71. The van der Waals surface area contributed by atoms with E-state index in [0.717, 1.165) is 12.1 Å². The standard InChI is InChI=1S/C12H12N4/c1-3-10-4-6-11(7-5-10)16-14-9(2)12(8-13)15-16/h4-7H,3H2,1-2H3. The molecule has 0 saturated carbocycles. The van der Waals surface area contributed by atoms with Gasteiger partial charge in [-0.3, -0.25) is 0 Å². The number of nitrogens with zero attached hydrogens (tertiary/aromatic N) is 4. The maximum Gasteiger partial charge on any atom is 0.186 e. The zero-order valence-corrected chi connectivity index (χ0v) is 9.31. The summed E-state index contributed by atoms with van der Waals surface area (Å²) in [7, 11) is 0. The second kappa shape index (κ2) is 4.15. The Hall–Kier alpha value is -2.15. The minimum absolute atomic E-state index is 0.375. The van der Waals surface area contributed by atoms with Crippen LogP contribution in [-0.2, 0) is 6.42 Å². The summed E-state index contributed by atoms with van der Waals surface area (Å²) >= 11 is 0. The fraction of sp³-hybridized carbons (Fsp3) is 0.250. The molecule has 0 N–H and O–H groups in total. The molecule has 1 aromatic carbocycles. The van der Waals surface area contributed by atoms with Crippen LogP contribution in [0.25, 0.3) is 5.69 Å². The molecular formula is C12H12N4. The highest BCUT2D eigenvalue weighted by Gasteiger charge is 2.06. The molecule has 0 fully saturated rings. The normalized spacial score (nSPS) is 10.1. The van der Waals surface area contributed by atoms with Crippen LogP contribution >= 0.6 is 0 Å². The van der Waals surface area contributed by atoms with E-state index in [9.17, 15) is 0 Å². The molecule has 80 valence electrons. The number of hydrogen-bond donors (Lipinski definition) is 0. The van der Waals surface area contributed by atoms with Gasteiger partial charge < -0.3 is 0 Å². The Morgan fingerprint density at radius 1 is 1.25 bits per heavy atom. The van der Waals surface area contributed by atoms with Gasteiger partial charge in [-0.1, -0.05) is 19.1 Å². The lowest BCUT2D eigenvalue weighted by atomic mass is 10.2. The molecular weight excluding hydrogens is 200 g/mol. The topological polar surface area (TPSA) is 54.5 Å². The quantitative estimate of drug-likeness (QED) is 0.765. The number of aryl methyl sites for hydroxylation is 2. The largest absolute Gasteiger partial charge is 0.191 e. The summed E-state index contributed by atoms with van der Waals surface area (Å²) in [4.78, 5) is 1.49. The predicted molar refractivity (Wildman–Crippen MR) is 60.2 cm³/mol. The molecule has 0 aliphatic carbocycles. The molecule has 0 unspecified atom stereocenters. The molecule has 2 aromatic rings. The Morgan fingerprint density at radius 3 is 2.44 bits per heavy atom. The Balaban J connectivity index is 2.39. The molecule has 4 nitrogen and oxygen atoms in total. The van der Waals surface area contributed by atoms with E-state index >= 15 is 0 Å². The Labute approximate surface area is 94.1 Å². The van der Waals surface area contributed by atoms with Crippen molar-refractivity contribution in [2.24, 2.45) is 0 Å². The number of aromatic nitrogens is 3. The van der Waals surface area contributed by atoms with Crippen LogP contribution in [0.4, 0.5) is 0 Å². The van der Waals surface area contributed by atoms with Gasteiger partial charge in [-0.2, -0.15) is 15.2 Å². The van der Waals surface area contributed by atoms with Gasteiger partial charge in [0.1, 0.15) is 6.07 Å². The van der Waals surface area contributed by atoms with Crippen LogP contribution in [0, 0.1) is 18.3 Å². The monoisotopic (exact) mass is 212 g/mol. The number of hydrogen-bond acceptors (Lipinski definition) is 3. The smallest absolute Gasteiger partial charge is 0.186 e. The van der Waals surface area contributed by atoms with Gasteiger partial charge in [-0.25, -0.2) is 0 Å². The molecule has 0 aliphatic heterocycles. The minimum Gasteiger partial charge on any atom is -0.191 e. The molecule has 2 rings (SSSR count). The van der Waals surface area contributed by atoms with E-state index in [2.05, 4.69) is 17.1 Å². The summed E-state index contributed by atoms with van der Waals surface area (Å²) in [6, 6.07) is 10.0. The highest BCUT2D eigenvalue weighted by atomic mass is 15.5. The van der Waals surface area contributed by atoms with E-state index < -0.39 is 0 Å². The van der Waals surface area contributed by atoms with Gasteiger partial charge in [0, 0.05) is 0 Å². The van der Waals surface area contributed by atoms with Crippen molar-refractivity contribution in [3.05, 3.63) is 41.2 Å². The molecule has 0 saturated heterocycles. The van der Waals surface area contributed by atoms with E-state index in [1.54, 1.807) is 6.92 Å². The molecule has 4 heteroatoms. The van der Waals surface area contributed by atoms with Crippen LogP contribution < -0.4 is 0 Å². The highest BCUT2D eigenvalue weighted by Crippen LogP contribution is 2.10. The van der Waals surface area contributed by atoms with Crippen molar-refractivity contribution in [1.82, 2.24) is 15.0 Å². The summed E-state index contributed by atoms with van der Waals surface area (Å²) < 4.78 is 0. The van der Waals surface area contributed by atoms with Crippen molar-refractivity contribution in [3.63, 3.8) is 0 Å². The van der Waals surface area contributed by atoms with E-state index in [0.29, 0.717) is 11.4 Å². The van der Waals surface area contributed by atoms with Gasteiger partial charge in [0.15, 0.2) is 5.69 Å². The Bertz CT molecular complexity index is 531. The second-order valence-electron chi connectivity index (χ2n) is 3.56. The van der Waals surface area contributed by atoms with Crippen molar-refractivity contribution in [2.45, 2.75) is 20.3 Å². The highest BCUT2D eigenvalue weighted by molar-refractivity contribution is 5.34. The molecule has 0 amide bonds. The van der Waals surface area contributed by atoms with Gasteiger partial charge in [0.25, 0.3) is 0 Å². The van der Waals surface area contributed by atoms with E-state index in [1.165, 1.54) is 10.4 Å². The van der Waals surface area contributed by atoms with Crippen molar-refractivity contribution >= 4 is 0 Å². The molecule has 0 aliphatic rings. The first-order valence-corrected chi connectivity index (χ1v) is 5.18. The second-order valence-corrected chi connectivity index (χ2v) is 3.56. The van der Waals surface area contributed by atoms with E-state index in [4.69, 9.17) is 5.26 Å². The zero-order chi connectivity index (χ0) is 11.5. The molecule has 1 aromatic heterocycles. The van der Waals surface area contributed by atoms with Crippen molar-refractivity contribution < 1.29 is 0 Å². The number of rotatable bonds is 2. The molecule has 0 bridgehead atoms. The first-order valence-electron chi connectivity index (χ1n) is 5.18. The van der Waals surface area contributed by atoms with Crippen LogP contribution in [0.2, 0.25) is 0 Å². The third kappa shape index (κ3) is 1.80. The first-order chi connectivity index (χ1) is 7.74. The predicted octanol–water partition coefficient (Wildman–Crippen LogP) is 2.01. The Morgan fingerprint density at radius 2 is 1.94 bits per heavy atom. The maximum absolute atomic E-state index is 8.80. The third-order valence-corrected chi connectivity index (χ3v) is 2.46. The third-order valence-electron chi connectivity index (χ3n) is 2.46. The van der Waals surface area contributed by atoms with Crippen LogP contribution in [0.1, 0.15) is 23.9 Å². The molecule has 0 radical (unpaired) electrons. The zero-order valence-electron chi connectivity index (χ0n) is 9.31. The summed E-state index contributed by atoms with van der Waals surface area (Å²) in [5.41, 5.74) is 3.18. The fourth-order valence-corrected chi connectivity index (χ4v) is 1.46. The van der Waals surface area contributed by atoms with Gasteiger partial charge >= 0.3 is 0 Å². The first kappa shape index (κ1) is 10.4. The lowest BCUT2D eigenvalue weighted by molar-refractivity contribution is 0.743. The lowest BCUT2D eigenvalue weighted by Crippen LogP contribution is -1.99. The average molecular weight is 212 g/mol. The minimum atomic E-state index is 0.375. The van der Waals surface area contributed by atoms with Gasteiger partial charge in [0.05, 0.1) is 11.4 Å².